The molecule has 1 heterocycles. The van der Waals surface area contributed by atoms with Gasteiger partial charge in [-0.1, -0.05) is 12.8 Å². The maximum atomic E-state index is 12.9. The summed E-state index contributed by atoms with van der Waals surface area (Å²) in [6, 6.07) is 5.86. The number of hydrogen-bond donors (Lipinski definition) is 2. The van der Waals surface area contributed by atoms with Gasteiger partial charge in [-0.2, -0.15) is 0 Å². The number of anilines is 2. The van der Waals surface area contributed by atoms with Gasteiger partial charge in [-0.05, 0) is 55.5 Å². The lowest BCUT2D eigenvalue weighted by Gasteiger charge is -2.11. The Morgan fingerprint density at radius 2 is 1.69 bits per heavy atom. The minimum Gasteiger partial charge on any atom is -0.465 e. The second-order valence-corrected chi connectivity index (χ2v) is 9.71. The van der Waals surface area contributed by atoms with Gasteiger partial charge in [0.15, 0.2) is 0 Å². The quantitative estimate of drug-likeness (QED) is 0.691. The molecule has 2 N–H and O–H groups in total. The molecule has 1 aliphatic carbocycles. The Kier molecular flexibility index (Phi) is 6.59. The monoisotopic (exact) mass is 436 g/mol. The molecule has 1 aliphatic rings. The predicted molar refractivity (Wildman–Crippen MR) is 113 cm³/mol. The van der Waals surface area contributed by atoms with E-state index in [1.54, 1.807) is 0 Å². The number of benzene rings is 1. The summed E-state index contributed by atoms with van der Waals surface area (Å²) >= 11 is 1.31. The van der Waals surface area contributed by atoms with Gasteiger partial charge in [-0.25, -0.2) is 13.2 Å². The zero-order valence-electron chi connectivity index (χ0n) is 16.4. The van der Waals surface area contributed by atoms with Crippen LogP contribution in [0.15, 0.2) is 29.2 Å². The Bertz CT molecular complexity index is 1010. The average molecular weight is 437 g/mol. The molecule has 1 amide bonds. The lowest BCUT2D eigenvalue weighted by molar-refractivity contribution is -0.114. The van der Waals surface area contributed by atoms with Crippen molar-refractivity contribution < 1.29 is 22.7 Å². The van der Waals surface area contributed by atoms with Gasteiger partial charge >= 0.3 is 5.97 Å². The third kappa shape index (κ3) is 4.97. The van der Waals surface area contributed by atoms with Crippen molar-refractivity contribution in [1.82, 2.24) is 0 Å². The molecule has 0 spiro atoms. The fourth-order valence-corrected chi connectivity index (χ4v) is 5.99. The van der Waals surface area contributed by atoms with E-state index in [4.69, 9.17) is 4.74 Å². The van der Waals surface area contributed by atoms with Gasteiger partial charge in [0.1, 0.15) is 5.00 Å². The van der Waals surface area contributed by atoms with Crippen LogP contribution in [0.2, 0.25) is 0 Å². The van der Waals surface area contributed by atoms with E-state index in [9.17, 15) is 18.0 Å². The van der Waals surface area contributed by atoms with Gasteiger partial charge in [-0.15, -0.1) is 11.3 Å². The second kappa shape index (κ2) is 8.96. The van der Waals surface area contributed by atoms with E-state index < -0.39 is 16.0 Å². The normalized spacial score (nSPS) is 14.3. The summed E-state index contributed by atoms with van der Waals surface area (Å²) in [5, 5.41) is 2.90. The van der Waals surface area contributed by atoms with Gasteiger partial charge in [0.05, 0.1) is 17.6 Å². The lowest BCUT2D eigenvalue weighted by Crippen LogP contribution is -2.15. The standard InChI is InChI=1S/C20H24N2O5S2/c1-13(23)21-14-9-11-15(12-10-14)29(25,26)22-19-18(20(24)27-2)16-7-5-3-4-6-8-17(16)28-19/h9-12,22H,3-8H2,1-2H3,(H,21,23). The number of ether oxygens (including phenoxy) is 1. The lowest BCUT2D eigenvalue weighted by atomic mass is 9.96. The SMILES string of the molecule is COC(=O)c1c(NS(=O)(=O)c2ccc(NC(C)=O)cc2)sc2c1CCCCCC2. The van der Waals surface area contributed by atoms with Gasteiger partial charge in [0, 0.05) is 17.5 Å². The number of hydrogen-bond acceptors (Lipinski definition) is 6. The Morgan fingerprint density at radius 3 is 2.31 bits per heavy atom. The van der Waals surface area contributed by atoms with Crippen molar-refractivity contribution in [2.24, 2.45) is 0 Å². The molecule has 0 bridgehead atoms. The highest BCUT2D eigenvalue weighted by Crippen LogP contribution is 2.38. The fraction of sp³-hybridized carbons (Fsp3) is 0.400. The summed E-state index contributed by atoms with van der Waals surface area (Å²) in [5.74, 6) is -0.765. The molecule has 0 aliphatic heterocycles. The molecule has 29 heavy (non-hydrogen) atoms. The first-order valence-corrected chi connectivity index (χ1v) is 11.7. The van der Waals surface area contributed by atoms with Gasteiger partial charge < -0.3 is 10.1 Å². The third-order valence-electron chi connectivity index (χ3n) is 4.77. The van der Waals surface area contributed by atoms with E-state index in [2.05, 4.69) is 10.0 Å². The number of carbonyl (C=O) groups is 2. The fourth-order valence-electron chi connectivity index (χ4n) is 3.41. The highest BCUT2D eigenvalue weighted by Gasteiger charge is 2.27. The summed E-state index contributed by atoms with van der Waals surface area (Å²) in [6.45, 7) is 1.38. The number of sulfonamides is 1. The molecule has 1 aromatic carbocycles. The smallest absolute Gasteiger partial charge is 0.341 e. The van der Waals surface area contributed by atoms with E-state index in [-0.39, 0.29) is 10.8 Å². The number of aryl methyl sites for hydroxylation is 1. The molecule has 0 radical (unpaired) electrons. The first-order chi connectivity index (χ1) is 13.8. The van der Waals surface area contributed by atoms with Crippen molar-refractivity contribution in [2.75, 3.05) is 17.1 Å². The maximum Gasteiger partial charge on any atom is 0.341 e. The van der Waals surface area contributed by atoms with Crippen LogP contribution in [0, 0.1) is 0 Å². The van der Waals surface area contributed by atoms with Crippen LogP contribution in [-0.4, -0.2) is 27.4 Å². The summed E-state index contributed by atoms with van der Waals surface area (Å²) < 4.78 is 33.3. The molecular formula is C20H24N2O5S2. The van der Waals surface area contributed by atoms with Gasteiger partial charge in [0.2, 0.25) is 5.91 Å². The molecule has 2 aromatic rings. The van der Waals surface area contributed by atoms with Crippen LogP contribution in [0.4, 0.5) is 10.7 Å². The zero-order valence-corrected chi connectivity index (χ0v) is 18.0. The highest BCUT2D eigenvalue weighted by molar-refractivity contribution is 7.93. The number of fused-ring (bicyclic) bond motifs is 1. The van der Waals surface area contributed by atoms with Crippen LogP contribution < -0.4 is 10.0 Å². The van der Waals surface area contributed by atoms with Crippen molar-refractivity contribution in [3.05, 3.63) is 40.3 Å². The minimum atomic E-state index is -3.90. The molecule has 156 valence electrons. The number of esters is 1. The number of amides is 1. The third-order valence-corrected chi connectivity index (χ3v) is 7.47. The average Bonchev–Trinajstić information content (AvgIpc) is 2.96. The Morgan fingerprint density at radius 1 is 1.03 bits per heavy atom. The molecule has 0 saturated heterocycles. The first-order valence-electron chi connectivity index (χ1n) is 9.45. The summed E-state index contributed by atoms with van der Waals surface area (Å²) in [4.78, 5) is 24.7. The van der Waals surface area contributed by atoms with Gasteiger partial charge in [0.25, 0.3) is 10.0 Å². The van der Waals surface area contributed by atoms with Crippen molar-refractivity contribution in [3.63, 3.8) is 0 Å². The number of nitrogens with one attached hydrogen (secondary N) is 2. The Labute approximate surface area is 174 Å². The van der Waals surface area contributed by atoms with Crippen molar-refractivity contribution in [2.45, 2.75) is 50.3 Å². The molecule has 7 nitrogen and oxygen atoms in total. The van der Waals surface area contributed by atoms with Crippen LogP contribution in [0.25, 0.3) is 0 Å². The van der Waals surface area contributed by atoms with Crippen molar-refractivity contribution in [3.8, 4) is 0 Å². The highest BCUT2D eigenvalue weighted by atomic mass is 32.2. The van der Waals surface area contributed by atoms with Gasteiger partial charge in [-0.3, -0.25) is 9.52 Å². The van der Waals surface area contributed by atoms with Crippen LogP contribution in [0.5, 0.6) is 0 Å². The zero-order chi connectivity index (χ0) is 21.0. The van der Waals surface area contributed by atoms with Crippen molar-refractivity contribution >= 4 is 43.9 Å². The summed E-state index contributed by atoms with van der Waals surface area (Å²) in [5.41, 5.74) is 1.74. The van der Waals surface area contributed by atoms with E-state index >= 15 is 0 Å². The van der Waals surface area contributed by atoms with E-state index in [1.807, 2.05) is 0 Å². The summed E-state index contributed by atoms with van der Waals surface area (Å²) in [6.07, 6.45) is 5.78. The molecule has 0 fully saturated rings. The molecule has 0 atom stereocenters. The van der Waals surface area contributed by atoms with E-state index in [0.717, 1.165) is 49.0 Å². The predicted octanol–water partition coefficient (Wildman–Crippen LogP) is 3.95. The Balaban J connectivity index is 1.94. The molecule has 3 rings (SSSR count). The van der Waals surface area contributed by atoms with Crippen LogP contribution in [0.3, 0.4) is 0 Å². The first kappa shape index (κ1) is 21.3. The topological polar surface area (TPSA) is 102 Å². The molecule has 1 aromatic heterocycles. The van der Waals surface area contributed by atoms with Crippen molar-refractivity contribution in [1.29, 1.82) is 0 Å². The maximum absolute atomic E-state index is 12.9. The number of methoxy groups -OCH3 is 1. The molecule has 0 saturated carbocycles. The van der Waals surface area contributed by atoms with E-state index in [1.165, 1.54) is 49.6 Å². The number of thiophene rings is 1. The largest absolute Gasteiger partial charge is 0.465 e. The van der Waals surface area contributed by atoms with E-state index in [0.29, 0.717) is 16.3 Å². The second-order valence-electron chi connectivity index (χ2n) is 6.92. The Hall–Kier alpha value is -2.39. The minimum absolute atomic E-state index is 0.0447. The van der Waals surface area contributed by atoms with Crippen LogP contribution >= 0.6 is 11.3 Å². The molecular weight excluding hydrogens is 412 g/mol. The number of carbonyl (C=O) groups excluding carboxylic acids is 2. The molecule has 9 heteroatoms. The van der Waals surface area contributed by atoms with Crippen LogP contribution in [-0.2, 0) is 32.4 Å². The molecule has 0 unspecified atom stereocenters. The number of rotatable bonds is 5. The summed E-state index contributed by atoms with van der Waals surface area (Å²) in [7, 11) is -2.60. The van der Waals surface area contributed by atoms with Crippen LogP contribution in [0.1, 0.15) is 53.4 Å².